The van der Waals surface area contributed by atoms with Gasteiger partial charge in [0, 0.05) is 6.07 Å². The maximum Gasteiger partial charge on any atom is 0.314 e. The zero-order valence-corrected chi connectivity index (χ0v) is 14.4. The van der Waals surface area contributed by atoms with Crippen LogP contribution in [0.25, 0.3) is 0 Å². The van der Waals surface area contributed by atoms with E-state index in [9.17, 15) is 9.59 Å². The van der Waals surface area contributed by atoms with Crippen molar-refractivity contribution in [3.05, 3.63) is 46.4 Å². The molecule has 2 rings (SSSR count). The van der Waals surface area contributed by atoms with Crippen LogP contribution in [0.5, 0.6) is 11.5 Å². The van der Waals surface area contributed by atoms with Crippen molar-refractivity contribution in [2.75, 3.05) is 24.9 Å². The Bertz CT molecular complexity index is 760. The lowest BCUT2D eigenvalue weighted by Gasteiger charge is -2.12. The molecule has 0 aliphatic heterocycles. The zero-order chi connectivity index (χ0) is 17.7. The molecular formula is C16H14Cl2N2O4. The van der Waals surface area contributed by atoms with Crippen LogP contribution in [0.2, 0.25) is 10.0 Å². The minimum absolute atomic E-state index is 0.165. The third-order valence-electron chi connectivity index (χ3n) is 3.06. The van der Waals surface area contributed by atoms with Crippen LogP contribution in [0.4, 0.5) is 11.4 Å². The highest BCUT2D eigenvalue weighted by Gasteiger charge is 2.19. The minimum Gasteiger partial charge on any atom is -0.497 e. The molecule has 2 aromatic carbocycles. The molecule has 24 heavy (non-hydrogen) atoms. The molecule has 0 atom stereocenters. The number of benzene rings is 2. The molecule has 2 N–H and O–H groups in total. The Morgan fingerprint density at radius 1 is 0.917 bits per heavy atom. The van der Waals surface area contributed by atoms with E-state index < -0.39 is 11.8 Å². The number of carbonyl (C=O) groups excluding carboxylic acids is 2. The van der Waals surface area contributed by atoms with Gasteiger partial charge in [-0.05, 0) is 24.3 Å². The van der Waals surface area contributed by atoms with Gasteiger partial charge in [-0.25, -0.2) is 0 Å². The fourth-order valence-corrected chi connectivity index (χ4v) is 2.37. The van der Waals surface area contributed by atoms with E-state index in [0.29, 0.717) is 17.2 Å². The van der Waals surface area contributed by atoms with Gasteiger partial charge < -0.3 is 20.1 Å². The Kier molecular flexibility index (Phi) is 5.89. The highest BCUT2D eigenvalue weighted by atomic mass is 35.5. The zero-order valence-electron chi connectivity index (χ0n) is 12.9. The quantitative estimate of drug-likeness (QED) is 0.808. The van der Waals surface area contributed by atoms with E-state index in [2.05, 4.69) is 10.6 Å². The maximum atomic E-state index is 12.1. The summed E-state index contributed by atoms with van der Waals surface area (Å²) in [5.41, 5.74) is 0.459. The van der Waals surface area contributed by atoms with E-state index in [-0.39, 0.29) is 15.7 Å². The van der Waals surface area contributed by atoms with Gasteiger partial charge in [0.2, 0.25) is 0 Å². The Balaban J connectivity index is 2.16. The Hall–Kier alpha value is -2.44. The molecule has 2 aromatic rings. The lowest BCUT2D eigenvalue weighted by Crippen LogP contribution is -2.29. The summed E-state index contributed by atoms with van der Waals surface area (Å²) < 4.78 is 10.2. The van der Waals surface area contributed by atoms with Crippen LogP contribution < -0.4 is 20.1 Å². The number of hydrogen-bond acceptors (Lipinski definition) is 4. The highest BCUT2D eigenvalue weighted by Crippen LogP contribution is 2.31. The molecule has 0 fully saturated rings. The van der Waals surface area contributed by atoms with Gasteiger partial charge in [0.05, 0.1) is 35.6 Å². The van der Waals surface area contributed by atoms with Crippen molar-refractivity contribution in [1.82, 2.24) is 0 Å². The Morgan fingerprint density at radius 2 is 1.54 bits per heavy atom. The average molecular weight is 369 g/mol. The van der Waals surface area contributed by atoms with E-state index in [1.807, 2.05) is 0 Å². The number of para-hydroxylation sites is 1. The summed E-state index contributed by atoms with van der Waals surface area (Å²) in [5.74, 6) is -0.944. The number of amides is 2. The molecule has 0 aromatic heterocycles. The number of methoxy groups -OCH3 is 2. The number of ether oxygens (including phenoxy) is 2. The maximum absolute atomic E-state index is 12.1. The van der Waals surface area contributed by atoms with Crippen LogP contribution in [0, 0.1) is 0 Å². The van der Waals surface area contributed by atoms with Crippen LogP contribution in [0.15, 0.2) is 36.4 Å². The molecule has 0 unspecified atom stereocenters. The lowest BCUT2D eigenvalue weighted by molar-refractivity contribution is -0.133. The topological polar surface area (TPSA) is 76.7 Å². The van der Waals surface area contributed by atoms with E-state index in [0.717, 1.165) is 0 Å². The standard InChI is InChI=1S/C16H14Cl2N2O4/c1-23-9-6-7-13(24-2)12(8-9)19-15(21)16(22)20-14-10(17)4-3-5-11(14)18/h3-8H,1-2H3,(H,19,21)(H,20,22). The van der Waals surface area contributed by atoms with Gasteiger partial charge in [-0.15, -0.1) is 0 Å². The molecule has 0 bridgehead atoms. The molecule has 8 heteroatoms. The van der Waals surface area contributed by atoms with E-state index >= 15 is 0 Å². The predicted molar refractivity (Wildman–Crippen MR) is 93.3 cm³/mol. The average Bonchev–Trinajstić information content (AvgIpc) is 2.57. The molecule has 0 saturated carbocycles. The Morgan fingerprint density at radius 3 is 2.12 bits per heavy atom. The van der Waals surface area contributed by atoms with Crippen LogP contribution in [-0.4, -0.2) is 26.0 Å². The molecule has 2 amide bonds. The number of carbonyl (C=O) groups is 2. The van der Waals surface area contributed by atoms with Crippen molar-refractivity contribution >= 4 is 46.4 Å². The third-order valence-corrected chi connectivity index (χ3v) is 3.69. The summed E-state index contributed by atoms with van der Waals surface area (Å²) in [7, 11) is 2.93. The second kappa shape index (κ2) is 7.90. The molecule has 6 nitrogen and oxygen atoms in total. The van der Waals surface area contributed by atoms with Gasteiger partial charge in [-0.2, -0.15) is 0 Å². The largest absolute Gasteiger partial charge is 0.497 e. The summed E-state index contributed by atoms with van der Waals surface area (Å²) in [6, 6.07) is 9.53. The van der Waals surface area contributed by atoms with Gasteiger partial charge in [-0.3, -0.25) is 9.59 Å². The van der Waals surface area contributed by atoms with Gasteiger partial charge in [-0.1, -0.05) is 29.3 Å². The number of rotatable bonds is 4. The van der Waals surface area contributed by atoms with Gasteiger partial charge >= 0.3 is 11.8 Å². The first-order chi connectivity index (χ1) is 11.5. The number of anilines is 2. The predicted octanol–water partition coefficient (Wildman–Crippen LogP) is 3.59. The van der Waals surface area contributed by atoms with E-state index in [4.69, 9.17) is 32.7 Å². The van der Waals surface area contributed by atoms with Crippen molar-refractivity contribution in [3.63, 3.8) is 0 Å². The van der Waals surface area contributed by atoms with Crippen molar-refractivity contribution < 1.29 is 19.1 Å². The first kappa shape index (κ1) is 17.9. The van der Waals surface area contributed by atoms with Crippen LogP contribution >= 0.6 is 23.2 Å². The summed E-state index contributed by atoms with van der Waals surface area (Å²) in [6.07, 6.45) is 0. The SMILES string of the molecule is COc1ccc(OC)c(NC(=O)C(=O)Nc2c(Cl)cccc2Cl)c1. The van der Waals surface area contributed by atoms with Gasteiger partial charge in [0.25, 0.3) is 0 Å². The lowest BCUT2D eigenvalue weighted by atomic mass is 10.2. The summed E-state index contributed by atoms with van der Waals surface area (Å²) in [6.45, 7) is 0. The molecule has 0 spiro atoms. The van der Waals surface area contributed by atoms with Crippen molar-refractivity contribution in [1.29, 1.82) is 0 Å². The van der Waals surface area contributed by atoms with E-state index in [1.54, 1.807) is 30.3 Å². The second-order valence-electron chi connectivity index (χ2n) is 4.57. The van der Waals surface area contributed by atoms with Crippen molar-refractivity contribution in [3.8, 4) is 11.5 Å². The number of halogens is 2. The van der Waals surface area contributed by atoms with Crippen LogP contribution in [-0.2, 0) is 9.59 Å². The molecular weight excluding hydrogens is 355 g/mol. The number of hydrogen-bond donors (Lipinski definition) is 2. The first-order valence-corrected chi connectivity index (χ1v) is 7.50. The van der Waals surface area contributed by atoms with Gasteiger partial charge in [0.1, 0.15) is 11.5 Å². The molecule has 0 aliphatic rings. The first-order valence-electron chi connectivity index (χ1n) is 6.74. The van der Waals surface area contributed by atoms with Crippen molar-refractivity contribution in [2.45, 2.75) is 0 Å². The summed E-state index contributed by atoms with van der Waals surface area (Å²) in [4.78, 5) is 24.2. The summed E-state index contributed by atoms with van der Waals surface area (Å²) in [5, 5.41) is 5.28. The second-order valence-corrected chi connectivity index (χ2v) is 5.39. The molecule has 126 valence electrons. The van der Waals surface area contributed by atoms with Gasteiger partial charge in [0.15, 0.2) is 0 Å². The third kappa shape index (κ3) is 4.10. The monoisotopic (exact) mass is 368 g/mol. The van der Waals surface area contributed by atoms with E-state index in [1.165, 1.54) is 20.3 Å². The fraction of sp³-hybridized carbons (Fsp3) is 0.125. The molecule has 0 saturated heterocycles. The minimum atomic E-state index is -0.921. The molecule has 0 aliphatic carbocycles. The van der Waals surface area contributed by atoms with Crippen molar-refractivity contribution in [2.24, 2.45) is 0 Å². The number of nitrogens with one attached hydrogen (secondary N) is 2. The Labute approximate surface area is 148 Å². The normalized spacial score (nSPS) is 10.0. The molecule has 0 radical (unpaired) electrons. The fourth-order valence-electron chi connectivity index (χ4n) is 1.88. The molecule has 0 heterocycles. The summed E-state index contributed by atoms with van der Waals surface area (Å²) >= 11 is 11.9. The van der Waals surface area contributed by atoms with Crippen LogP contribution in [0.1, 0.15) is 0 Å². The van der Waals surface area contributed by atoms with Crippen LogP contribution in [0.3, 0.4) is 0 Å². The highest BCUT2D eigenvalue weighted by molar-refractivity contribution is 6.46. The smallest absolute Gasteiger partial charge is 0.314 e.